The van der Waals surface area contributed by atoms with Crippen molar-refractivity contribution in [1.29, 1.82) is 0 Å². The third-order valence-corrected chi connectivity index (χ3v) is 5.75. The minimum absolute atomic E-state index is 0.00790. The van der Waals surface area contributed by atoms with Gasteiger partial charge in [0.05, 0.1) is 19.6 Å². The van der Waals surface area contributed by atoms with E-state index in [1.165, 1.54) is 6.07 Å². The summed E-state index contributed by atoms with van der Waals surface area (Å²) in [5.41, 5.74) is 3.46. The van der Waals surface area contributed by atoms with Gasteiger partial charge >= 0.3 is 5.97 Å². The molecule has 1 fully saturated rings. The monoisotopic (exact) mass is 398 g/mol. The van der Waals surface area contributed by atoms with E-state index < -0.39 is 12.0 Å². The maximum absolute atomic E-state index is 14.2. The molecule has 1 amide bonds. The van der Waals surface area contributed by atoms with Crippen molar-refractivity contribution < 1.29 is 23.5 Å². The second-order valence-corrected chi connectivity index (χ2v) is 7.59. The molecule has 1 aliphatic heterocycles. The zero-order valence-corrected chi connectivity index (χ0v) is 16.3. The zero-order chi connectivity index (χ0) is 20.5. The van der Waals surface area contributed by atoms with Crippen LogP contribution >= 0.6 is 0 Å². The molecule has 2 heterocycles. The van der Waals surface area contributed by atoms with E-state index in [1.54, 1.807) is 18.2 Å². The molecule has 0 spiro atoms. The number of hydrogen-bond donors (Lipinski definition) is 1. The summed E-state index contributed by atoms with van der Waals surface area (Å²) in [6, 6.07) is 5.94. The molecule has 4 rings (SSSR count). The number of esters is 1. The fourth-order valence-electron chi connectivity index (χ4n) is 4.25. The SMILES string of the molecule is Cc1c(CC(=O)NC2CCOC2=O)c2c(n1Cc1ccccc1F)CCCC2=O. The molecule has 2 aliphatic rings. The molecule has 2 aromatic rings. The van der Waals surface area contributed by atoms with Crippen LogP contribution in [-0.2, 0) is 33.7 Å². The average molecular weight is 398 g/mol. The van der Waals surface area contributed by atoms with Gasteiger partial charge in [0, 0.05) is 35.4 Å². The van der Waals surface area contributed by atoms with Gasteiger partial charge < -0.3 is 14.6 Å². The highest BCUT2D eigenvalue weighted by Gasteiger charge is 2.31. The number of nitrogens with one attached hydrogen (secondary N) is 1. The first-order chi connectivity index (χ1) is 14.0. The zero-order valence-electron chi connectivity index (χ0n) is 16.3. The number of fused-ring (bicyclic) bond motifs is 1. The summed E-state index contributed by atoms with van der Waals surface area (Å²) in [7, 11) is 0. The van der Waals surface area contributed by atoms with Gasteiger partial charge in [-0.2, -0.15) is 0 Å². The minimum Gasteiger partial charge on any atom is -0.464 e. The van der Waals surface area contributed by atoms with Gasteiger partial charge in [-0.1, -0.05) is 18.2 Å². The lowest BCUT2D eigenvalue weighted by Gasteiger charge is -2.16. The van der Waals surface area contributed by atoms with Gasteiger partial charge in [0.15, 0.2) is 5.78 Å². The number of benzene rings is 1. The van der Waals surface area contributed by atoms with E-state index in [2.05, 4.69) is 5.32 Å². The highest BCUT2D eigenvalue weighted by Crippen LogP contribution is 2.31. The Labute approximate surface area is 168 Å². The van der Waals surface area contributed by atoms with Gasteiger partial charge in [-0.05, 0) is 31.4 Å². The van der Waals surface area contributed by atoms with E-state index >= 15 is 0 Å². The van der Waals surface area contributed by atoms with Crippen molar-refractivity contribution in [3.05, 3.63) is 58.2 Å². The number of ketones is 1. The van der Waals surface area contributed by atoms with Crippen molar-refractivity contribution in [2.45, 2.75) is 51.6 Å². The fraction of sp³-hybridized carbons (Fsp3) is 0.409. The van der Waals surface area contributed by atoms with Gasteiger partial charge in [0.2, 0.25) is 5.91 Å². The summed E-state index contributed by atoms with van der Waals surface area (Å²) in [5.74, 6) is -1.02. The molecule has 1 aliphatic carbocycles. The molecular formula is C22H23FN2O4. The van der Waals surface area contributed by atoms with Crippen molar-refractivity contribution in [2.24, 2.45) is 0 Å². The Kier molecular flexibility index (Phi) is 5.22. The molecule has 1 atom stereocenters. The van der Waals surface area contributed by atoms with Crippen LogP contribution in [0.2, 0.25) is 0 Å². The van der Waals surface area contributed by atoms with Crippen LogP contribution in [0, 0.1) is 12.7 Å². The van der Waals surface area contributed by atoms with Crippen LogP contribution in [0.3, 0.4) is 0 Å². The smallest absolute Gasteiger partial charge is 0.328 e. The van der Waals surface area contributed by atoms with Gasteiger partial charge in [-0.15, -0.1) is 0 Å². The highest BCUT2D eigenvalue weighted by molar-refractivity contribution is 6.01. The van der Waals surface area contributed by atoms with Crippen molar-refractivity contribution in [1.82, 2.24) is 9.88 Å². The van der Waals surface area contributed by atoms with Crippen molar-refractivity contribution in [3.8, 4) is 0 Å². The van der Waals surface area contributed by atoms with E-state index in [9.17, 15) is 18.8 Å². The summed E-state index contributed by atoms with van der Waals surface area (Å²) in [6.45, 7) is 2.47. The van der Waals surface area contributed by atoms with Crippen molar-refractivity contribution in [2.75, 3.05) is 6.61 Å². The van der Waals surface area contributed by atoms with E-state index in [4.69, 9.17) is 4.74 Å². The number of aromatic nitrogens is 1. The third kappa shape index (κ3) is 3.69. The third-order valence-electron chi connectivity index (χ3n) is 5.75. The Morgan fingerprint density at radius 2 is 2.07 bits per heavy atom. The highest BCUT2D eigenvalue weighted by atomic mass is 19.1. The normalized spacial score (nSPS) is 18.5. The lowest BCUT2D eigenvalue weighted by molar-refractivity contribution is -0.141. The number of Topliss-reactive ketones (excluding diaryl/α,β-unsaturated/α-hetero) is 1. The summed E-state index contributed by atoms with van der Waals surface area (Å²) in [4.78, 5) is 36.9. The standard InChI is InChI=1S/C22H23FN2O4/c1-13-15(11-20(27)24-17-9-10-29-22(17)28)21-18(7-4-8-19(21)26)25(13)12-14-5-2-3-6-16(14)23/h2-3,5-6,17H,4,7-12H2,1H3,(H,24,27). The van der Waals surface area contributed by atoms with Crippen LogP contribution in [0.25, 0.3) is 0 Å². The predicted octanol–water partition coefficient (Wildman–Crippen LogP) is 2.48. The molecule has 0 bridgehead atoms. The first-order valence-electron chi connectivity index (χ1n) is 9.89. The molecule has 1 aromatic heterocycles. The number of amides is 1. The molecule has 1 saturated heterocycles. The number of hydrogen-bond acceptors (Lipinski definition) is 4. The summed E-state index contributed by atoms with van der Waals surface area (Å²) in [5, 5.41) is 2.70. The molecule has 7 heteroatoms. The Morgan fingerprint density at radius 3 is 2.79 bits per heavy atom. The van der Waals surface area contributed by atoms with E-state index in [0.29, 0.717) is 49.1 Å². The van der Waals surface area contributed by atoms with E-state index in [0.717, 1.165) is 17.8 Å². The Balaban J connectivity index is 1.65. The number of halogens is 1. The summed E-state index contributed by atoms with van der Waals surface area (Å²) in [6.07, 6.45) is 2.36. The largest absolute Gasteiger partial charge is 0.464 e. The molecule has 1 N–H and O–H groups in total. The van der Waals surface area contributed by atoms with Crippen LogP contribution in [0.1, 0.15) is 52.1 Å². The number of cyclic esters (lactones) is 1. The fourth-order valence-corrected chi connectivity index (χ4v) is 4.25. The number of carbonyl (C=O) groups excluding carboxylic acids is 3. The Hall–Kier alpha value is -2.96. The summed E-state index contributed by atoms with van der Waals surface area (Å²) < 4.78 is 21.0. The van der Waals surface area contributed by atoms with E-state index in [1.807, 2.05) is 11.5 Å². The maximum Gasteiger partial charge on any atom is 0.328 e. The molecule has 6 nitrogen and oxygen atoms in total. The quantitative estimate of drug-likeness (QED) is 0.785. The van der Waals surface area contributed by atoms with Gasteiger partial charge in [0.1, 0.15) is 11.9 Å². The molecule has 29 heavy (non-hydrogen) atoms. The number of nitrogens with zero attached hydrogens (tertiary/aromatic N) is 1. The van der Waals surface area contributed by atoms with Crippen molar-refractivity contribution >= 4 is 17.7 Å². The average Bonchev–Trinajstić information content (AvgIpc) is 3.20. The van der Waals surface area contributed by atoms with Crippen LogP contribution < -0.4 is 5.32 Å². The lowest BCUT2D eigenvalue weighted by Crippen LogP contribution is -2.39. The van der Waals surface area contributed by atoms with Gasteiger partial charge in [0.25, 0.3) is 0 Å². The molecule has 0 saturated carbocycles. The Morgan fingerprint density at radius 1 is 1.28 bits per heavy atom. The van der Waals surface area contributed by atoms with Crippen molar-refractivity contribution in [3.63, 3.8) is 0 Å². The van der Waals surface area contributed by atoms with Crippen LogP contribution in [0.15, 0.2) is 24.3 Å². The number of rotatable bonds is 5. The van der Waals surface area contributed by atoms with Crippen LogP contribution in [0.5, 0.6) is 0 Å². The maximum atomic E-state index is 14.2. The second-order valence-electron chi connectivity index (χ2n) is 7.59. The second kappa shape index (κ2) is 7.81. The first-order valence-corrected chi connectivity index (χ1v) is 9.89. The van der Waals surface area contributed by atoms with Crippen LogP contribution in [-0.4, -0.2) is 34.9 Å². The van der Waals surface area contributed by atoms with Gasteiger partial charge in [-0.3, -0.25) is 9.59 Å². The molecular weight excluding hydrogens is 375 g/mol. The number of ether oxygens (including phenoxy) is 1. The Bertz CT molecular complexity index is 995. The predicted molar refractivity (Wildman–Crippen MR) is 103 cm³/mol. The first kappa shape index (κ1) is 19.4. The molecule has 152 valence electrons. The van der Waals surface area contributed by atoms with Gasteiger partial charge in [-0.25, -0.2) is 9.18 Å². The van der Waals surface area contributed by atoms with E-state index in [-0.39, 0.29) is 23.9 Å². The number of carbonyl (C=O) groups is 3. The lowest BCUT2D eigenvalue weighted by atomic mass is 9.92. The summed E-state index contributed by atoms with van der Waals surface area (Å²) >= 11 is 0. The molecule has 1 unspecified atom stereocenters. The minimum atomic E-state index is -0.630. The molecule has 0 radical (unpaired) electrons. The topological polar surface area (TPSA) is 77.4 Å². The molecule has 1 aromatic carbocycles. The van der Waals surface area contributed by atoms with Crippen LogP contribution in [0.4, 0.5) is 4.39 Å².